The van der Waals surface area contributed by atoms with Gasteiger partial charge in [-0.05, 0) is 25.8 Å². The Morgan fingerprint density at radius 1 is 1.08 bits per heavy atom. The van der Waals surface area contributed by atoms with Crippen LogP contribution >= 0.6 is 0 Å². The van der Waals surface area contributed by atoms with E-state index in [0.29, 0.717) is 5.41 Å². The van der Waals surface area contributed by atoms with E-state index in [2.05, 4.69) is 32.7 Å². The predicted octanol–water partition coefficient (Wildman–Crippen LogP) is 2.13. The molecule has 0 rings (SSSR count). The highest BCUT2D eigenvalue weighted by atomic mass is 16.3. The van der Waals surface area contributed by atoms with Gasteiger partial charge in [0.15, 0.2) is 0 Å². The molecule has 0 bridgehead atoms. The van der Waals surface area contributed by atoms with Gasteiger partial charge >= 0.3 is 0 Å². The van der Waals surface area contributed by atoms with E-state index in [1.165, 1.54) is 0 Å². The van der Waals surface area contributed by atoms with Gasteiger partial charge in [0.1, 0.15) is 0 Å². The van der Waals surface area contributed by atoms with E-state index < -0.39 is 5.60 Å². The molecule has 80 valence electrons. The molecule has 0 spiro atoms. The van der Waals surface area contributed by atoms with Crippen molar-refractivity contribution in [3.63, 3.8) is 0 Å². The quantitative estimate of drug-likeness (QED) is 0.729. The van der Waals surface area contributed by atoms with Gasteiger partial charge in [0.25, 0.3) is 0 Å². The summed E-state index contributed by atoms with van der Waals surface area (Å²) in [5.74, 6) is 0. The van der Waals surface area contributed by atoms with Crippen LogP contribution in [-0.4, -0.2) is 35.7 Å². The number of rotatable bonds is 4. The van der Waals surface area contributed by atoms with Gasteiger partial charge in [0.05, 0.1) is 5.60 Å². The molecule has 0 amide bonds. The lowest BCUT2D eigenvalue weighted by Crippen LogP contribution is -2.41. The predicted molar refractivity (Wildman–Crippen MR) is 57.9 cm³/mol. The van der Waals surface area contributed by atoms with Gasteiger partial charge in [-0.1, -0.05) is 27.7 Å². The summed E-state index contributed by atoms with van der Waals surface area (Å²) in [6.07, 6.45) is 0.807. The third-order valence-electron chi connectivity index (χ3n) is 2.12. The van der Waals surface area contributed by atoms with Crippen LogP contribution in [-0.2, 0) is 0 Å². The zero-order chi connectivity index (χ0) is 10.7. The number of nitrogens with zero attached hydrogens (tertiary/aromatic N) is 1. The number of aliphatic hydroxyl groups is 1. The molecule has 0 radical (unpaired) electrons. The molecule has 1 N–H and O–H groups in total. The van der Waals surface area contributed by atoms with E-state index in [1.807, 2.05) is 13.8 Å². The highest BCUT2D eigenvalue weighted by Crippen LogP contribution is 2.17. The first-order valence-corrected chi connectivity index (χ1v) is 5.07. The van der Waals surface area contributed by atoms with Crippen molar-refractivity contribution in [3.8, 4) is 0 Å². The molecule has 1 atom stereocenters. The molecule has 0 heterocycles. The van der Waals surface area contributed by atoms with E-state index in [1.54, 1.807) is 0 Å². The molecule has 0 aromatic carbocycles. The second-order valence-corrected chi connectivity index (χ2v) is 5.58. The molecular formula is C11H25NO. The van der Waals surface area contributed by atoms with Gasteiger partial charge in [-0.15, -0.1) is 0 Å². The van der Waals surface area contributed by atoms with E-state index in [0.717, 1.165) is 19.5 Å². The number of hydrogen-bond acceptors (Lipinski definition) is 2. The first-order valence-electron chi connectivity index (χ1n) is 5.07. The topological polar surface area (TPSA) is 23.5 Å². The fraction of sp³-hybridized carbons (Fsp3) is 1.00. The SMILES string of the molecule is CCC(C)(O)CN(C)CC(C)(C)C. The lowest BCUT2D eigenvalue weighted by Gasteiger charge is -2.32. The summed E-state index contributed by atoms with van der Waals surface area (Å²) in [5, 5.41) is 9.85. The van der Waals surface area contributed by atoms with E-state index in [9.17, 15) is 5.11 Å². The summed E-state index contributed by atoms with van der Waals surface area (Å²) in [6.45, 7) is 12.3. The maximum Gasteiger partial charge on any atom is 0.0743 e. The maximum atomic E-state index is 9.85. The Morgan fingerprint density at radius 2 is 1.54 bits per heavy atom. The van der Waals surface area contributed by atoms with Crippen LogP contribution in [0.15, 0.2) is 0 Å². The van der Waals surface area contributed by atoms with Crippen molar-refractivity contribution in [1.29, 1.82) is 0 Å². The van der Waals surface area contributed by atoms with Gasteiger partial charge in [-0.3, -0.25) is 0 Å². The normalized spacial score (nSPS) is 17.5. The highest BCUT2D eigenvalue weighted by Gasteiger charge is 2.22. The standard InChI is InChI=1S/C11H25NO/c1-7-11(5,13)9-12(6)8-10(2,3)4/h13H,7-9H2,1-6H3. The average molecular weight is 187 g/mol. The Morgan fingerprint density at radius 3 is 1.85 bits per heavy atom. The van der Waals surface area contributed by atoms with Crippen LogP contribution in [0.1, 0.15) is 41.0 Å². The van der Waals surface area contributed by atoms with Crippen molar-refractivity contribution in [3.05, 3.63) is 0 Å². The highest BCUT2D eigenvalue weighted by molar-refractivity contribution is 4.76. The molecular weight excluding hydrogens is 162 g/mol. The summed E-state index contributed by atoms with van der Waals surface area (Å²) in [6, 6.07) is 0. The van der Waals surface area contributed by atoms with Crippen LogP contribution in [0.4, 0.5) is 0 Å². The third-order valence-corrected chi connectivity index (χ3v) is 2.12. The minimum Gasteiger partial charge on any atom is -0.389 e. The average Bonchev–Trinajstić information content (AvgIpc) is 1.81. The molecule has 0 aliphatic heterocycles. The van der Waals surface area contributed by atoms with Crippen LogP contribution in [0.5, 0.6) is 0 Å². The van der Waals surface area contributed by atoms with E-state index in [-0.39, 0.29) is 0 Å². The van der Waals surface area contributed by atoms with E-state index in [4.69, 9.17) is 0 Å². The van der Waals surface area contributed by atoms with Gasteiger partial charge in [0.2, 0.25) is 0 Å². The van der Waals surface area contributed by atoms with Gasteiger partial charge in [0, 0.05) is 13.1 Å². The van der Waals surface area contributed by atoms with Gasteiger partial charge < -0.3 is 10.0 Å². The minimum absolute atomic E-state index is 0.304. The zero-order valence-corrected chi connectivity index (χ0v) is 10.0. The molecule has 0 aliphatic rings. The Kier molecular flexibility index (Phi) is 4.40. The molecule has 0 fully saturated rings. The lowest BCUT2D eigenvalue weighted by atomic mass is 9.95. The van der Waals surface area contributed by atoms with Crippen LogP contribution in [0.2, 0.25) is 0 Å². The van der Waals surface area contributed by atoms with Crippen molar-refractivity contribution in [2.45, 2.75) is 46.6 Å². The summed E-state index contributed by atoms with van der Waals surface area (Å²) in [5.41, 5.74) is -0.238. The summed E-state index contributed by atoms with van der Waals surface area (Å²) >= 11 is 0. The van der Waals surface area contributed by atoms with Crippen molar-refractivity contribution in [2.75, 3.05) is 20.1 Å². The molecule has 0 saturated carbocycles. The summed E-state index contributed by atoms with van der Waals surface area (Å²) < 4.78 is 0. The van der Waals surface area contributed by atoms with Crippen molar-refractivity contribution < 1.29 is 5.11 Å². The molecule has 0 aromatic heterocycles. The Balaban J connectivity index is 3.94. The molecule has 13 heavy (non-hydrogen) atoms. The fourth-order valence-corrected chi connectivity index (χ4v) is 1.56. The molecule has 2 nitrogen and oxygen atoms in total. The molecule has 0 saturated heterocycles. The van der Waals surface area contributed by atoms with E-state index >= 15 is 0 Å². The molecule has 0 aromatic rings. The second kappa shape index (κ2) is 4.43. The smallest absolute Gasteiger partial charge is 0.0743 e. The fourth-order valence-electron chi connectivity index (χ4n) is 1.56. The number of hydrogen-bond donors (Lipinski definition) is 1. The van der Waals surface area contributed by atoms with Crippen LogP contribution in [0, 0.1) is 5.41 Å². The molecule has 0 aliphatic carbocycles. The first-order chi connectivity index (χ1) is 5.66. The largest absolute Gasteiger partial charge is 0.389 e. The second-order valence-electron chi connectivity index (χ2n) is 5.58. The summed E-state index contributed by atoms with van der Waals surface area (Å²) in [7, 11) is 2.06. The molecule has 2 heteroatoms. The van der Waals surface area contributed by atoms with Crippen LogP contribution < -0.4 is 0 Å². The number of likely N-dealkylation sites (N-methyl/N-ethyl adjacent to an activating group) is 1. The van der Waals surface area contributed by atoms with Gasteiger partial charge in [-0.2, -0.15) is 0 Å². The van der Waals surface area contributed by atoms with Crippen molar-refractivity contribution >= 4 is 0 Å². The van der Waals surface area contributed by atoms with Crippen LogP contribution in [0.3, 0.4) is 0 Å². The Bertz CT molecular complexity index is 147. The van der Waals surface area contributed by atoms with Crippen molar-refractivity contribution in [1.82, 2.24) is 4.90 Å². The third kappa shape index (κ3) is 7.03. The maximum absolute atomic E-state index is 9.85. The summed E-state index contributed by atoms with van der Waals surface area (Å²) in [4.78, 5) is 2.20. The monoisotopic (exact) mass is 187 g/mol. The Labute approximate surface area is 82.9 Å². The first kappa shape index (κ1) is 12.9. The van der Waals surface area contributed by atoms with Crippen LogP contribution in [0.25, 0.3) is 0 Å². The lowest BCUT2D eigenvalue weighted by molar-refractivity contribution is 0.0163. The molecule has 1 unspecified atom stereocenters. The van der Waals surface area contributed by atoms with Gasteiger partial charge in [-0.25, -0.2) is 0 Å². The minimum atomic E-state index is -0.542. The van der Waals surface area contributed by atoms with Crippen molar-refractivity contribution in [2.24, 2.45) is 5.41 Å². The Hall–Kier alpha value is -0.0800. The zero-order valence-electron chi connectivity index (χ0n) is 10.0.